The van der Waals surface area contributed by atoms with E-state index in [0.717, 1.165) is 11.0 Å². The topological polar surface area (TPSA) is 93.4 Å². The third kappa shape index (κ3) is 2.31. The van der Waals surface area contributed by atoms with Crippen molar-refractivity contribution in [1.82, 2.24) is 9.88 Å². The van der Waals surface area contributed by atoms with E-state index >= 15 is 0 Å². The zero-order chi connectivity index (χ0) is 15.9. The molecule has 110 valence electrons. The predicted molar refractivity (Wildman–Crippen MR) is 76.5 cm³/mol. The zero-order valence-electron chi connectivity index (χ0n) is 11.0. The molecule has 0 saturated carbocycles. The van der Waals surface area contributed by atoms with Crippen LogP contribution in [-0.2, 0) is 6.54 Å². The largest absolute Gasteiger partial charge is 0.270 e. The molecule has 0 radical (unpaired) electrons. The summed E-state index contributed by atoms with van der Waals surface area (Å²) in [6.07, 6.45) is 1.47. The number of nitro benzene ring substituents is 1. The van der Waals surface area contributed by atoms with E-state index in [2.05, 4.69) is 4.98 Å². The van der Waals surface area contributed by atoms with Crippen LogP contribution in [0.4, 0.5) is 5.69 Å². The fourth-order valence-corrected chi connectivity index (χ4v) is 2.33. The summed E-state index contributed by atoms with van der Waals surface area (Å²) < 4.78 is 0. The Hall–Kier alpha value is -2.80. The first-order valence-corrected chi connectivity index (χ1v) is 6.60. The number of carbonyl (C=O) groups excluding carboxylic acids is 2. The lowest BCUT2D eigenvalue weighted by atomic mass is 10.1. The van der Waals surface area contributed by atoms with Crippen LogP contribution in [-0.4, -0.2) is 26.6 Å². The minimum Gasteiger partial charge on any atom is -0.270 e. The zero-order valence-corrected chi connectivity index (χ0v) is 11.8. The Morgan fingerprint density at radius 2 is 1.86 bits per heavy atom. The molecule has 3 rings (SSSR count). The summed E-state index contributed by atoms with van der Waals surface area (Å²) >= 11 is 5.68. The van der Waals surface area contributed by atoms with Crippen LogP contribution in [0.3, 0.4) is 0 Å². The maximum atomic E-state index is 12.3. The summed E-state index contributed by atoms with van der Waals surface area (Å²) in [5.41, 5.74) is 0.613. The molecule has 0 atom stereocenters. The van der Waals surface area contributed by atoms with Crippen LogP contribution in [0.1, 0.15) is 26.3 Å². The molecule has 1 aliphatic heterocycles. The quantitative estimate of drug-likeness (QED) is 0.375. The van der Waals surface area contributed by atoms with E-state index in [4.69, 9.17) is 11.6 Å². The number of pyridine rings is 1. The number of halogens is 1. The predicted octanol–water partition coefficient (Wildman–Crippen LogP) is 2.44. The number of amides is 2. The van der Waals surface area contributed by atoms with E-state index in [1.165, 1.54) is 18.3 Å². The molecule has 1 aromatic carbocycles. The molecule has 2 aromatic rings. The van der Waals surface area contributed by atoms with Gasteiger partial charge >= 0.3 is 0 Å². The molecular weight excluding hydrogens is 310 g/mol. The molecule has 0 bridgehead atoms. The summed E-state index contributed by atoms with van der Waals surface area (Å²) in [5.74, 6) is -1.04. The normalized spacial score (nSPS) is 13.4. The number of imide groups is 1. The maximum absolute atomic E-state index is 12.3. The van der Waals surface area contributed by atoms with Crippen molar-refractivity contribution in [3.8, 4) is 0 Å². The van der Waals surface area contributed by atoms with Crippen molar-refractivity contribution in [3.05, 3.63) is 68.5 Å². The highest BCUT2D eigenvalue weighted by atomic mass is 35.5. The average Bonchev–Trinajstić information content (AvgIpc) is 2.74. The molecule has 0 N–H and O–H groups in total. The van der Waals surface area contributed by atoms with Crippen LogP contribution in [0.25, 0.3) is 0 Å². The Labute approximate surface area is 129 Å². The fourth-order valence-electron chi connectivity index (χ4n) is 2.22. The molecule has 0 spiro atoms. The van der Waals surface area contributed by atoms with E-state index in [-0.39, 0.29) is 23.4 Å². The number of nitrogens with zero attached hydrogens (tertiary/aromatic N) is 3. The van der Waals surface area contributed by atoms with E-state index in [1.807, 2.05) is 0 Å². The summed E-state index contributed by atoms with van der Waals surface area (Å²) in [6.45, 7) is 0.0321. The highest BCUT2D eigenvalue weighted by Crippen LogP contribution is 2.27. The van der Waals surface area contributed by atoms with Gasteiger partial charge in [0.25, 0.3) is 17.5 Å². The van der Waals surface area contributed by atoms with Gasteiger partial charge in [-0.15, -0.1) is 0 Å². The second kappa shape index (κ2) is 5.19. The van der Waals surface area contributed by atoms with E-state index in [1.54, 1.807) is 12.1 Å². The molecule has 0 unspecified atom stereocenters. The van der Waals surface area contributed by atoms with Crippen molar-refractivity contribution in [2.45, 2.75) is 6.54 Å². The number of aromatic nitrogens is 1. The molecule has 8 heteroatoms. The molecule has 1 aliphatic rings. The fraction of sp³-hybridized carbons (Fsp3) is 0.0714. The van der Waals surface area contributed by atoms with Crippen LogP contribution in [0.5, 0.6) is 0 Å². The minimum absolute atomic E-state index is 0.0321. The maximum Gasteiger partial charge on any atom is 0.270 e. The van der Waals surface area contributed by atoms with Gasteiger partial charge < -0.3 is 0 Å². The smallest absolute Gasteiger partial charge is 0.270 e. The lowest BCUT2D eigenvalue weighted by Gasteiger charge is -2.13. The van der Waals surface area contributed by atoms with Crippen LogP contribution < -0.4 is 0 Å². The third-order valence-electron chi connectivity index (χ3n) is 3.29. The summed E-state index contributed by atoms with van der Waals surface area (Å²) in [7, 11) is 0. The monoisotopic (exact) mass is 317 g/mol. The molecule has 0 fully saturated rings. The number of non-ortho nitro benzene ring substituents is 1. The molecule has 2 amide bonds. The molecule has 2 heterocycles. The Morgan fingerprint density at radius 1 is 1.14 bits per heavy atom. The van der Waals surface area contributed by atoms with Gasteiger partial charge in [-0.2, -0.15) is 0 Å². The van der Waals surface area contributed by atoms with Crippen molar-refractivity contribution in [2.24, 2.45) is 0 Å². The van der Waals surface area contributed by atoms with E-state index in [0.29, 0.717) is 10.7 Å². The number of nitro groups is 1. The number of benzene rings is 1. The van der Waals surface area contributed by atoms with Crippen molar-refractivity contribution in [2.75, 3.05) is 0 Å². The van der Waals surface area contributed by atoms with Gasteiger partial charge in [0.05, 0.1) is 22.6 Å². The molecule has 22 heavy (non-hydrogen) atoms. The number of hydrogen-bond acceptors (Lipinski definition) is 5. The van der Waals surface area contributed by atoms with Crippen molar-refractivity contribution in [3.63, 3.8) is 0 Å². The first-order chi connectivity index (χ1) is 10.5. The second-order valence-electron chi connectivity index (χ2n) is 4.67. The molecular formula is C14H8ClN3O4. The highest BCUT2D eigenvalue weighted by Gasteiger charge is 2.36. The van der Waals surface area contributed by atoms with E-state index < -0.39 is 16.7 Å². The molecule has 0 aliphatic carbocycles. The summed E-state index contributed by atoms with van der Waals surface area (Å²) in [6, 6.07) is 6.84. The SMILES string of the molecule is O=C1c2ccc([N+](=O)[O-])cc2C(=O)N1Cc1ccc(Cl)nc1. The van der Waals surface area contributed by atoms with Crippen LogP contribution in [0.2, 0.25) is 5.15 Å². The van der Waals surface area contributed by atoms with Crippen molar-refractivity contribution < 1.29 is 14.5 Å². The number of rotatable bonds is 3. The number of hydrogen-bond donors (Lipinski definition) is 0. The van der Waals surface area contributed by atoms with Crippen LogP contribution >= 0.6 is 11.6 Å². The second-order valence-corrected chi connectivity index (χ2v) is 5.06. The van der Waals surface area contributed by atoms with Gasteiger partial charge in [-0.05, 0) is 17.7 Å². The van der Waals surface area contributed by atoms with Gasteiger partial charge in [0.2, 0.25) is 0 Å². The van der Waals surface area contributed by atoms with Crippen molar-refractivity contribution in [1.29, 1.82) is 0 Å². The summed E-state index contributed by atoms with van der Waals surface area (Å²) in [5, 5.41) is 11.1. The lowest BCUT2D eigenvalue weighted by Crippen LogP contribution is -2.29. The van der Waals surface area contributed by atoms with E-state index in [9.17, 15) is 19.7 Å². The lowest BCUT2D eigenvalue weighted by molar-refractivity contribution is -0.384. The standard InChI is InChI=1S/C14H8ClN3O4/c15-12-4-1-8(6-16-12)7-17-13(19)10-3-2-9(18(21)22)5-11(10)14(17)20/h1-6H,7H2. The van der Waals surface area contributed by atoms with Crippen molar-refractivity contribution >= 4 is 29.1 Å². The Kier molecular flexibility index (Phi) is 3.34. The molecule has 7 nitrogen and oxygen atoms in total. The average molecular weight is 318 g/mol. The van der Waals surface area contributed by atoms with Gasteiger partial charge in [0.1, 0.15) is 5.15 Å². The number of carbonyl (C=O) groups is 2. The molecule has 0 saturated heterocycles. The highest BCUT2D eigenvalue weighted by molar-refractivity contribution is 6.29. The van der Waals surface area contributed by atoms with Crippen LogP contribution in [0, 0.1) is 10.1 Å². The number of fused-ring (bicyclic) bond motifs is 1. The Bertz CT molecular complexity index is 804. The summed E-state index contributed by atoms with van der Waals surface area (Å²) in [4.78, 5) is 39.6. The third-order valence-corrected chi connectivity index (χ3v) is 3.52. The van der Waals surface area contributed by atoms with Gasteiger partial charge in [0.15, 0.2) is 0 Å². The Balaban J connectivity index is 1.92. The van der Waals surface area contributed by atoms with Gasteiger partial charge in [-0.3, -0.25) is 24.6 Å². The minimum atomic E-state index is -0.607. The first kappa shape index (κ1) is 14.2. The van der Waals surface area contributed by atoms with Gasteiger partial charge in [-0.1, -0.05) is 17.7 Å². The van der Waals surface area contributed by atoms with Crippen LogP contribution in [0.15, 0.2) is 36.5 Å². The first-order valence-electron chi connectivity index (χ1n) is 6.22. The van der Waals surface area contributed by atoms with Gasteiger partial charge in [0, 0.05) is 18.3 Å². The van der Waals surface area contributed by atoms with Gasteiger partial charge in [-0.25, -0.2) is 4.98 Å². The molecule has 1 aromatic heterocycles. The Morgan fingerprint density at radius 3 is 2.50 bits per heavy atom.